The first kappa shape index (κ1) is 15.7. The third-order valence-corrected chi connectivity index (χ3v) is 3.99. The quantitative estimate of drug-likeness (QED) is 0.584. The van der Waals surface area contributed by atoms with Crippen molar-refractivity contribution in [3.8, 4) is 0 Å². The van der Waals surface area contributed by atoms with Crippen LogP contribution in [0.1, 0.15) is 30.1 Å². The van der Waals surface area contributed by atoms with Crippen LogP contribution in [0.3, 0.4) is 0 Å². The number of nitrogens with one attached hydrogen (secondary N) is 2. The predicted molar refractivity (Wildman–Crippen MR) is 76.7 cm³/mol. The fourth-order valence-corrected chi connectivity index (χ4v) is 2.53. The smallest absolute Gasteiger partial charge is 0.251 e. The van der Waals surface area contributed by atoms with E-state index >= 15 is 0 Å². The van der Waals surface area contributed by atoms with Crippen molar-refractivity contribution in [2.24, 2.45) is 5.84 Å². The van der Waals surface area contributed by atoms with Gasteiger partial charge in [-0.1, -0.05) is 0 Å². The molecule has 4 N–H and O–H groups in total. The molecule has 21 heavy (non-hydrogen) atoms. The maximum absolute atomic E-state index is 13.6. The summed E-state index contributed by atoms with van der Waals surface area (Å²) in [4.78, 5) is 14.3. The minimum absolute atomic E-state index is 0.0159. The zero-order valence-electron chi connectivity index (χ0n) is 12.1. The van der Waals surface area contributed by atoms with Gasteiger partial charge < -0.3 is 15.6 Å². The SMILES string of the molecule is CC1CC(NC(=O)c2cc(F)c(NN)c(F)c2)CCN1C. The first-order valence-electron chi connectivity index (χ1n) is 6.89. The molecule has 1 aromatic carbocycles. The monoisotopic (exact) mass is 298 g/mol. The summed E-state index contributed by atoms with van der Waals surface area (Å²) >= 11 is 0. The van der Waals surface area contributed by atoms with E-state index in [0.717, 1.165) is 31.5 Å². The first-order chi connectivity index (χ1) is 9.92. The Morgan fingerprint density at radius 1 is 1.38 bits per heavy atom. The van der Waals surface area contributed by atoms with Crippen molar-refractivity contribution in [1.82, 2.24) is 10.2 Å². The lowest BCUT2D eigenvalue weighted by Crippen LogP contribution is -2.47. The van der Waals surface area contributed by atoms with Crippen molar-refractivity contribution in [2.45, 2.75) is 31.8 Å². The normalized spacial score (nSPS) is 22.9. The summed E-state index contributed by atoms with van der Waals surface area (Å²) in [6.07, 6.45) is 1.63. The average molecular weight is 298 g/mol. The summed E-state index contributed by atoms with van der Waals surface area (Å²) in [7, 11) is 2.03. The lowest BCUT2D eigenvalue weighted by atomic mass is 9.98. The van der Waals surface area contributed by atoms with Gasteiger partial charge in [0.25, 0.3) is 5.91 Å². The van der Waals surface area contributed by atoms with Gasteiger partial charge in [-0.15, -0.1) is 0 Å². The first-order valence-corrected chi connectivity index (χ1v) is 6.89. The zero-order valence-corrected chi connectivity index (χ0v) is 12.1. The highest BCUT2D eigenvalue weighted by molar-refractivity contribution is 5.94. The fraction of sp³-hybridized carbons (Fsp3) is 0.500. The Hall–Kier alpha value is -1.73. The molecule has 2 unspecified atom stereocenters. The maximum Gasteiger partial charge on any atom is 0.251 e. The number of hydrogen-bond acceptors (Lipinski definition) is 4. The molecule has 116 valence electrons. The summed E-state index contributed by atoms with van der Waals surface area (Å²) < 4.78 is 27.2. The molecule has 0 aromatic heterocycles. The number of nitrogens with zero attached hydrogens (tertiary/aromatic N) is 1. The molecule has 1 amide bonds. The van der Waals surface area contributed by atoms with Crippen molar-refractivity contribution in [1.29, 1.82) is 0 Å². The summed E-state index contributed by atoms with van der Waals surface area (Å²) in [6.45, 7) is 2.96. The largest absolute Gasteiger partial charge is 0.349 e. The molecule has 7 heteroatoms. The van der Waals surface area contributed by atoms with Crippen molar-refractivity contribution in [2.75, 3.05) is 19.0 Å². The number of anilines is 1. The van der Waals surface area contributed by atoms with Crippen LogP contribution in [0.15, 0.2) is 12.1 Å². The third kappa shape index (κ3) is 3.48. The van der Waals surface area contributed by atoms with Gasteiger partial charge in [0.2, 0.25) is 0 Å². The summed E-state index contributed by atoms with van der Waals surface area (Å²) in [5.41, 5.74) is 1.44. The third-order valence-electron chi connectivity index (χ3n) is 3.99. The Labute approximate surface area is 122 Å². The van der Waals surface area contributed by atoms with E-state index in [4.69, 9.17) is 5.84 Å². The summed E-state index contributed by atoms with van der Waals surface area (Å²) in [5, 5.41) is 2.83. The van der Waals surface area contributed by atoms with Crippen LogP contribution in [-0.4, -0.2) is 36.5 Å². The number of nitrogens with two attached hydrogens (primary N) is 1. The van der Waals surface area contributed by atoms with Crippen LogP contribution >= 0.6 is 0 Å². The number of amides is 1. The molecular formula is C14H20F2N4O. The highest BCUT2D eigenvalue weighted by atomic mass is 19.1. The van der Waals surface area contributed by atoms with Gasteiger partial charge in [0.15, 0.2) is 11.6 Å². The Bertz CT molecular complexity index is 515. The molecule has 0 radical (unpaired) electrons. The molecule has 1 fully saturated rings. The molecule has 0 spiro atoms. The number of halogens is 2. The molecule has 1 heterocycles. The molecule has 0 aliphatic carbocycles. The Morgan fingerprint density at radius 2 is 2.00 bits per heavy atom. The van der Waals surface area contributed by atoms with E-state index in [9.17, 15) is 13.6 Å². The molecule has 2 atom stereocenters. The van der Waals surface area contributed by atoms with E-state index in [0.29, 0.717) is 6.04 Å². The second-order valence-electron chi connectivity index (χ2n) is 5.48. The van der Waals surface area contributed by atoms with Gasteiger partial charge in [-0.05, 0) is 38.9 Å². The van der Waals surface area contributed by atoms with Crippen LogP contribution in [0.25, 0.3) is 0 Å². The molecule has 2 rings (SSSR count). The van der Waals surface area contributed by atoms with E-state index in [-0.39, 0.29) is 11.6 Å². The van der Waals surface area contributed by atoms with Crippen molar-refractivity contribution in [3.63, 3.8) is 0 Å². The molecule has 5 nitrogen and oxygen atoms in total. The Morgan fingerprint density at radius 3 is 2.52 bits per heavy atom. The number of hydrazine groups is 1. The number of benzene rings is 1. The fourth-order valence-electron chi connectivity index (χ4n) is 2.53. The zero-order chi connectivity index (χ0) is 15.6. The number of hydrogen-bond donors (Lipinski definition) is 3. The van der Waals surface area contributed by atoms with Gasteiger partial charge in [0, 0.05) is 24.2 Å². The van der Waals surface area contributed by atoms with E-state index in [1.165, 1.54) is 0 Å². The van der Waals surface area contributed by atoms with Crippen LogP contribution in [0.2, 0.25) is 0 Å². The Balaban J connectivity index is 2.07. The predicted octanol–water partition coefficient (Wildman–Crippen LogP) is 1.46. The van der Waals surface area contributed by atoms with Gasteiger partial charge in [-0.2, -0.15) is 0 Å². The molecule has 1 aromatic rings. The van der Waals surface area contributed by atoms with Gasteiger partial charge in [0.1, 0.15) is 5.69 Å². The molecular weight excluding hydrogens is 278 g/mol. The molecule has 0 saturated carbocycles. The number of nitrogen functional groups attached to an aromatic ring is 1. The van der Waals surface area contributed by atoms with Gasteiger partial charge in [0.05, 0.1) is 0 Å². The number of rotatable bonds is 3. The standard InChI is InChI=1S/C14H20F2N4O/c1-8-5-10(3-4-20(8)2)18-14(21)9-6-11(15)13(19-17)12(16)7-9/h6-8,10,19H,3-5,17H2,1-2H3,(H,18,21). The lowest BCUT2D eigenvalue weighted by Gasteiger charge is -2.35. The number of carbonyl (C=O) groups excluding carboxylic acids is 1. The van der Waals surface area contributed by atoms with Crippen LogP contribution < -0.4 is 16.6 Å². The molecule has 0 bridgehead atoms. The Kier molecular flexibility index (Phi) is 4.74. The van der Waals surface area contributed by atoms with Gasteiger partial charge in [-0.25, -0.2) is 8.78 Å². The minimum atomic E-state index is -0.889. The summed E-state index contributed by atoms with van der Waals surface area (Å²) in [5.74, 6) is 2.77. The average Bonchev–Trinajstić information content (AvgIpc) is 2.42. The highest BCUT2D eigenvalue weighted by Gasteiger charge is 2.25. The molecule has 1 aliphatic heterocycles. The van der Waals surface area contributed by atoms with Crippen molar-refractivity contribution < 1.29 is 13.6 Å². The van der Waals surface area contributed by atoms with E-state index in [1.807, 2.05) is 12.5 Å². The van der Waals surface area contributed by atoms with E-state index < -0.39 is 23.2 Å². The number of piperidine rings is 1. The number of likely N-dealkylation sites (tertiary alicyclic amines) is 1. The van der Waals surface area contributed by atoms with Crippen LogP contribution in [-0.2, 0) is 0 Å². The number of carbonyl (C=O) groups is 1. The topological polar surface area (TPSA) is 70.4 Å². The summed E-state index contributed by atoms with van der Waals surface area (Å²) in [6, 6.07) is 2.33. The molecule has 1 saturated heterocycles. The second kappa shape index (κ2) is 6.36. The van der Waals surface area contributed by atoms with E-state index in [1.54, 1.807) is 0 Å². The van der Waals surface area contributed by atoms with Crippen molar-refractivity contribution >= 4 is 11.6 Å². The van der Waals surface area contributed by atoms with Gasteiger partial charge >= 0.3 is 0 Å². The highest BCUT2D eigenvalue weighted by Crippen LogP contribution is 2.20. The van der Waals surface area contributed by atoms with Gasteiger partial charge in [-0.3, -0.25) is 10.6 Å². The van der Waals surface area contributed by atoms with Crippen LogP contribution in [0.4, 0.5) is 14.5 Å². The van der Waals surface area contributed by atoms with Crippen LogP contribution in [0, 0.1) is 11.6 Å². The van der Waals surface area contributed by atoms with E-state index in [2.05, 4.69) is 17.1 Å². The second-order valence-corrected chi connectivity index (χ2v) is 5.48. The minimum Gasteiger partial charge on any atom is -0.349 e. The molecule has 1 aliphatic rings. The maximum atomic E-state index is 13.6. The van der Waals surface area contributed by atoms with Crippen molar-refractivity contribution in [3.05, 3.63) is 29.3 Å². The van der Waals surface area contributed by atoms with Crippen LogP contribution in [0.5, 0.6) is 0 Å². The lowest BCUT2D eigenvalue weighted by molar-refractivity contribution is 0.0895.